The fourth-order valence-corrected chi connectivity index (χ4v) is 6.82. The molecule has 6 rings (SSSR count). The molecule has 2 saturated carbocycles. The normalized spacial score (nSPS) is 21.4. The van der Waals surface area contributed by atoms with Gasteiger partial charge in [-0.1, -0.05) is 64.2 Å². The summed E-state index contributed by atoms with van der Waals surface area (Å²) in [6.07, 6.45) is 4.83. The van der Waals surface area contributed by atoms with Gasteiger partial charge in [0, 0.05) is 39.0 Å². The molecule has 3 aromatic carbocycles. The van der Waals surface area contributed by atoms with Crippen LogP contribution in [-0.4, -0.2) is 20.7 Å². The second kappa shape index (κ2) is 10.6. The lowest BCUT2D eigenvalue weighted by molar-refractivity contribution is -0.0549. The minimum atomic E-state index is -1.04. The van der Waals surface area contributed by atoms with E-state index in [-0.39, 0.29) is 12.5 Å². The van der Waals surface area contributed by atoms with Gasteiger partial charge in [0.15, 0.2) is 0 Å². The number of nitrogens with zero attached hydrogens (tertiary/aromatic N) is 1. The molecule has 9 heteroatoms. The summed E-state index contributed by atoms with van der Waals surface area (Å²) < 4.78 is 23.7. The Morgan fingerprint density at radius 3 is 2.38 bits per heavy atom. The Hall–Kier alpha value is -2.35. The van der Waals surface area contributed by atoms with E-state index in [1.807, 2.05) is 36.4 Å². The van der Waals surface area contributed by atoms with Gasteiger partial charge < -0.3 is 14.4 Å². The van der Waals surface area contributed by atoms with E-state index in [1.54, 1.807) is 30.5 Å². The van der Waals surface area contributed by atoms with Crippen molar-refractivity contribution >= 4 is 45.6 Å². The number of aromatic nitrogens is 1. The number of ether oxygens (including phenoxy) is 1. The summed E-state index contributed by atoms with van der Waals surface area (Å²) in [7, 11) is -1.04. The van der Waals surface area contributed by atoms with Gasteiger partial charge in [0.2, 0.25) is 0 Å². The molecule has 4 aromatic rings. The third-order valence-electron chi connectivity index (χ3n) is 7.62. The highest BCUT2D eigenvalue weighted by Gasteiger charge is 2.45. The van der Waals surface area contributed by atoms with E-state index < -0.39 is 16.4 Å². The molecule has 0 radical (unpaired) electrons. The van der Waals surface area contributed by atoms with Crippen LogP contribution in [0.4, 0.5) is 0 Å². The van der Waals surface area contributed by atoms with Gasteiger partial charge in [0.05, 0.1) is 26.2 Å². The topological polar surface area (TPSA) is 72.6 Å². The van der Waals surface area contributed by atoms with Crippen LogP contribution in [0.5, 0.6) is 5.75 Å². The Bertz CT molecular complexity index is 1560. The van der Waals surface area contributed by atoms with Crippen molar-refractivity contribution in [2.45, 2.75) is 54.6 Å². The predicted molar refractivity (Wildman–Crippen MR) is 154 cm³/mol. The van der Waals surface area contributed by atoms with Crippen molar-refractivity contribution in [3.63, 3.8) is 0 Å². The van der Waals surface area contributed by atoms with Crippen LogP contribution < -0.4 is 4.74 Å². The number of hydrogen-bond donors (Lipinski definition) is 1. The molecule has 0 spiro atoms. The van der Waals surface area contributed by atoms with E-state index in [9.17, 15) is 9.32 Å². The van der Waals surface area contributed by atoms with Crippen LogP contribution in [-0.2, 0) is 23.0 Å². The van der Waals surface area contributed by atoms with Crippen LogP contribution in [0.2, 0.25) is 15.1 Å². The average Bonchev–Trinajstić information content (AvgIpc) is 3.66. The first-order valence-corrected chi connectivity index (χ1v) is 15.4. The molecule has 39 heavy (non-hydrogen) atoms. The first kappa shape index (κ1) is 26.9. The lowest BCUT2D eigenvalue weighted by Gasteiger charge is -2.44. The molecule has 0 bridgehead atoms. The maximum atomic E-state index is 11.9. The minimum absolute atomic E-state index is 0.176. The second-order valence-corrected chi connectivity index (χ2v) is 12.9. The van der Waals surface area contributed by atoms with Gasteiger partial charge in [-0.15, -0.1) is 0 Å². The lowest BCUT2D eigenvalue weighted by atomic mass is 9.65. The van der Waals surface area contributed by atoms with Crippen LogP contribution in [0.15, 0.2) is 70.1 Å². The molecule has 2 fully saturated rings. The Kier molecular flexibility index (Phi) is 7.27. The zero-order valence-corrected chi connectivity index (χ0v) is 24.2. The fourth-order valence-electron chi connectivity index (χ4n) is 5.33. The summed E-state index contributed by atoms with van der Waals surface area (Å²) in [4.78, 5) is 0.792. The zero-order chi connectivity index (χ0) is 27.3. The smallest absolute Gasteiger partial charge is 0.147 e. The zero-order valence-electron chi connectivity index (χ0n) is 21.1. The third-order valence-corrected chi connectivity index (χ3v) is 9.48. The number of benzene rings is 3. The number of halogens is 3. The number of aliphatic hydroxyl groups is 1. The molecule has 1 heterocycles. The van der Waals surface area contributed by atoms with Crippen molar-refractivity contribution in [1.29, 1.82) is 0 Å². The molecule has 0 aliphatic heterocycles. The van der Waals surface area contributed by atoms with Crippen molar-refractivity contribution in [2.75, 3.05) is 6.26 Å². The molecule has 1 N–H and O–H groups in total. The van der Waals surface area contributed by atoms with Crippen LogP contribution >= 0.6 is 34.8 Å². The summed E-state index contributed by atoms with van der Waals surface area (Å²) in [5.41, 5.74) is 2.77. The van der Waals surface area contributed by atoms with Crippen molar-refractivity contribution in [2.24, 2.45) is 0 Å². The molecule has 1 atom stereocenters. The molecule has 2 aliphatic rings. The molecule has 1 unspecified atom stereocenters. The van der Waals surface area contributed by atoms with Crippen LogP contribution in [0.3, 0.4) is 0 Å². The molecule has 0 saturated heterocycles. The van der Waals surface area contributed by atoms with Crippen molar-refractivity contribution in [3.05, 3.63) is 98.2 Å². The van der Waals surface area contributed by atoms with Crippen LogP contribution in [0.1, 0.15) is 60.0 Å². The second-order valence-electron chi connectivity index (χ2n) is 10.3. The van der Waals surface area contributed by atoms with Crippen molar-refractivity contribution in [1.82, 2.24) is 5.16 Å². The molecule has 5 nitrogen and oxygen atoms in total. The summed E-state index contributed by atoms with van der Waals surface area (Å²) >= 11 is 19.6. The van der Waals surface area contributed by atoms with Crippen LogP contribution in [0, 0.1) is 0 Å². The Labute approximate surface area is 244 Å². The number of hydrogen-bond acceptors (Lipinski definition) is 5. The molecule has 1 aromatic heterocycles. The molecule has 2 aliphatic carbocycles. The highest BCUT2D eigenvalue weighted by molar-refractivity contribution is 7.84. The van der Waals surface area contributed by atoms with Gasteiger partial charge in [-0.25, -0.2) is 0 Å². The highest BCUT2D eigenvalue weighted by atomic mass is 35.5. The predicted octanol–water partition coefficient (Wildman–Crippen LogP) is 8.26. The van der Waals surface area contributed by atoms with Gasteiger partial charge in [0.1, 0.15) is 23.8 Å². The summed E-state index contributed by atoms with van der Waals surface area (Å²) in [6, 6.07) is 18.5. The van der Waals surface area contributed by atoms with E-state index >= 15 is 0 Å². The molecular weight excluding hydrogens is 577 g/mol. The average molecular weight is 603 g/mol. The maximum absolute atomic E-state index is 11.9. The Morgan fingerprint density at radius 1 is 1.00 bits per heavy atom. The maximum Gasteiger partial charge on any atom is 0.147 e. The van der Waals surface area contributed by atoms with E-state index in [1.165, 1.54) is 0 Å². The van der Waals surface area contributed by atoms with Gasteiger partial charge in [-0.3, -0.25) is 4.21 Å². The highest BCUT2D eigenvalue weighted by Crippen LogP contribution is 2.53. The van der Waals surface area contributed by atoms with Gasteiger partial charge in [-0.05, 0) is 73.6 Å². The third kappa shape index (κ3) is 5.25. The van der Waals surface area contributed by atoms with E-state index in [2.05, 4.69) is 5.16 Å². The summed E-state index contributed by atoms with van der Waals surface area (Å²) in [6.45, 7) is 0.212. The quantitative estimate of drug-likeness (QED) is 0.220. The van der Waals surface area contributed by atoms with Crippen LogP contribution in [0.25, 0.3) is 11.3 Å². The molecule has 0 amide bonds. The molecular formula is C30H26Cl3NO4S. The first-order chi connectivity index (χ1) is 18.7. The SMILES string of the molecule is CS(=O)c1cccc(C2CC(O)(c3ccc(OCc4c(-c5c(Cl)cccc5Cl)noc4C4CC4)cc3Cl)C2)c1. The Morgan fingerprint density at radius 2 is 1.72 bits per heavy atom. The lowest BCUT2D eigenvalue weighted by Crippen LogP contribution is -2.40. The van der Waals surface area contributed by atoms with Crippen molar-refractivity contribution < 1.29 is 18.6 Å². The first-order valence-electron chi connectivity index (χ1n) is 12.7. The molecule has 202 valence electrons. The van der Waals surface area contributed by atoms with E-state index in [4.69, 9.17) is 44.1 Å². The summed E-state index contributed by atoms with van der Waals surface area (Å²) in [5, 5.41) is 17.1. The largest absolute Gasteiger partial charge is 0.489 e. The fraction of sp³-hybridized carbons (Fsp3) is 0.300. The standard InChI is InChI=1S/C30H26Cl3NO4S/c1-39(36)21-5-2-4-18(12-21)19-14-30(35,15-19)23-11-10-20(13-26(23)33)37-16-22-28(34-38-29(22)17-8-9-17)27-24(31)6-3-7-25(27)32/h2-7,10-13,17,19,35H,8-9,14-16H2,1H3. The minimum Gasteiger partial charge on any atom is -0.489 e. The van der Waals surface area contributed by atoms with E-state index in [0.717, 1.165) is 34.6 Å². The number of rotatable bonds is 8. The van der Waals surface area contributed by atoms with Crippen molar-refractivity contribution in [3.8, 4) is 17.0 Å². The van der Waals surface area contributed by atoms with Gasteiger partial charge >= 0.3 is 0 Å². The Balaban J connectivity index is 1.19. The monoisotopic (exact) mass is 601 g/mol. The van der Waals surface area contributed by atoms with Gasteiger partial charge in [-0.2, -0.15) is 0 Å². The summed E-state index contributed by atoms with van der Waals surface area (Å²) in [5.74, 6) is 1.86. The van der Waals surface area contributed by atoms with Gasteiger partial charge in [0.25, 0.3) is 0 Å². The van der Waals surface area contributed by atoms with E-state index in [0.29, 0.717) is 56.4 Å².